The number of amides is 1. The number of nitrogens with one attached hydrogen (secondary N) is 2. The maximum absolute atomic E-state index is 11.8. The van der Waals surface area contributed by atoms with E-state index in [0.717, 1.165) is 16.9 Å². The van der Waals surface area contributed by atoms with Crippen LogP contribution in [-0.4, -0.2) is 27.9 Å². The van der Waals surface area contributed by atoms with Crippen molar-refractivity contribution in [2.24, 2.45) is 0 Å². The van der Waals surface area contributed by atoms with Gasteiger partial charge >= 0.3 is 0 Å². The quantitative estimate of drug-likeness (QED) is 0.438. The van der Waals surface area contributed by atoms with Crippen molar-refractivity contribution in [3.8, 4) is 22.8 Å². The molecule has 2 aromatic carbocycles. The molecule has 0 spiro atoms. The molecule has 0 saturated carbocycles. The molecule has 0 fully saturated rings. The Morgan fingerprint density at radius 2 is 1.74 bits per heavy atom. The molecule has 8 heteroatoms. The Morgan fingerprint density at radius 1 is 0.935 bits per heavy atom. The zero-order valence-electron chi connectivity index (χ0n) is 16.7. The van der Waals surface area contributed by atoms with Gasteiger partial charge in [0.15, 0.2) is 0 Å². The number of carbonyl (C=O) groups excluding carboxylic acids is 1. The Kier molecular flexibility index (Phi) is 5.70. The standard InChI is InChI=1S/C23H20N6O2/c1-25-22(30)20-13-18(10-11-26-20)31-17-9-5-8-16(12-17)27-21-14-19(28-23(24)29-21)15-6-3-2-4-7-15/h2-14H,1H3,(H,25,30)(H3,24,27,28,29). The van der Waals surface area contributed by atoms with Gasteiger partial charge < -0.3 is 21.1 Å². The van der Waals surface area contributed by atoms with Crippen LogP contribution in [0.4, 0.5) is 17.5 Å². The summed E-state index contributed by atoms with van der Waals surface area (Å²) in [6.45, 7) is 0. The Hall–Kier alpha value is -4.46. The van der Waals surface area contributed by atoms with Crippen molar-refractivity contribution < 1.29 is 9.53 Å². The molecule has 31 heavy (non-hydrogen) atoms. The zero-order chi connectivity index (χ0) is 21.6. The molecule has 8 nitrogen and oxygen atoms in total. The first kappa shape index (κ1) is 19.8. The fraction of sp³-hybridized carbons (Fsp3) is 0.0435. The summed E-state index contributed by atoms with van der Waals surface area (Å²) in [5.41, 5.74) is 8.61. The Morgan fingerprint density at radius 3 is 2.55 bits per heavy atom. The third-order valence-corrected chi connectivity index (χ3v) is 4.35. The van der Waals surface area contributed by atoms with E-state index in [2.05, 4.69) is 25.6 Å². The first-order valence-electron chi connectivity index (χ1n) is 9.54. The number of carbonyl (C=O) groups is 1. The Balaban J connectivity index is 1.55. The van der Waals surface area contributed by atoms with Gasteiger partial charge in [-0.1, -0.05) is 36.4 Å². The summed E-state index contributed by atoms with van der Waals surface area (Å²) in [6, 6.07) is 22.2. The molecule has 0 aliphatic rings. The number of hydrogen-bond acceptors (Lipinski definition) is 7. The number of nitrogen functional groups attached to an aromatic ring is 1. The number of ether oxygens (including phenoxy) is 1. The van der Waals surface area contributed by atoms with Crippen LogP contribution in [0.3, 0.4) is 0 Å². The van der Waals surface area contributed by atoms with Crippen LogP contribution in [0.5, 0.6) is 11.5 Å². The fourth-order valence-electron chi connectivity index (χ4n) is 2.93. The van der Waals surface area contributed by atoms with E-state index in [4.69, 9.17) is 10.5 Å². The number of pyridine rings is 1. The molecule has 0 saturated heterocycles. The predicted molar refractivity (Wildman–Crippen MR) is 119 cm³/mol. The number of benzene rings is 2. The van der Waals surface area contributed by atoms with Crippen LogP contribution < -0.4 is 21.1 Å². The molecule has 0 bridgehead atoms. The van der Waals surface area contributed by atoms with Gasteiger partial charge in [-0.05, 0) is 18.2 Å². The molecule has 2 aromatic heterocycles. The Labute approximate surface area is 179 Å². The maximum atomic E-state index is 11.8. The normalized spacial score (nSPS) is 10.4. The number of nitrogens with two attached hydrogens (primary N) is 1. The first-order valence-corrected chi connectivity index (χ1v) is 9.54. The zero-order valence-corrected chi connectivity index (χ0v) is 16.7. The number of anilines is 3. The van der Waals surface area contributed by atoms with E-state index < -0.39 is 0 Å². The summed E-state index contributed by atoms with van der Waals surface area (Å²) in [7, 11) is 1.55. The van der Waals surface area contributed by atoms with Gasteiger partial charge in [0, 0.05) is 42.7 Å². The van der Waals surface area contributed by atoms with Crippen LogP contribution in [0, 0.1) is 0 Å². The molecular formula is C23H20N6O2. The molecule has 4 rings (SSSR count). The molecule has 0 unspecified atom stereocenters. The van der Waals surface area contributed by atoms with Crippen molar-refractivity contribution in [1.29, 1.82) is 0 Å². The Bertz CT molecular complexity index is 1210. The van der Waals surface area contributed by atoms with E-state index in [9.17, 15) is 4.79 Å². The topological polar surface area (TPSA) is 115 Å². The van der Waals surface area contributed by atoms with E-state index in [0.29, 0.717) is 17.3 Å². The van der Waals surface area contributed by atoms with Crippen LogP contribution in [0.1, 0.15) is 10.5 Å². The number of aromatic nitrogens is 3. The third-order valence-electron chi connectivity index (χ3n) is 4.35. The van der Waals surface area contributed by atoms with Crippen molar-refractivity contribution in [2.45, 2.75) is 0 Å². The monoisotopic (exact) mass is 412 g/mol. The minimum Gasteiger partial charge on any atom is -0.457 e. The average Bonchev–Trinajstić information content (AvgIpc) is 2.79. The van der Waals surface area contributed by atoms with Crippen LogP contribution >= 0.6 is 0 Å². The molecule has 1 amide bonds. The summed E-state index contributed by atoms with van der Waals surface area (Å²) >= 11 is 0. The minimum atomic E-state index is -0.281. The van der Waals surface area contributed by atoms with Crippen LogP contribution in [0.25, 0.3) is 11.3 Å². The van der Waals surface area contributed by atoms with Crippen molar-refractivity contribution in [1.82, 2.24) is 20.3 Å². The highest BCUT2D eigenvalue weighted by atomic mass is 16.5. The molecule has 4 N–H and O–H groups in total. The maximum Gasteiger partial charge on any atom is 0.269 e. The SMILES string of the molecule is CNC(=O)c1cc(Oc2cccc(Nc3cc(-c4ccccc4)nc(N)n3)c2)ccn1. The molecule has 0 atom stereocenters. The smallest absolute Gasteiger partial charge is 0.269 e. The first-order chi connectivity index (χ1) is 15.1. The second-order valence-electron chi connectivity index (χ2n) is 6.57. The van der Waals surface area contributed by atoms with Gasteiger partial charge in [-0.3, -0.25) is 9.78 Å². The van der Waals surface area contributed by atoms with E-state index in [1.165, 1.54) is 6.20 Å². The van der Waals surface area contributed by atoms with Gasteiger partial charge in [-0.15, -0.1) is 0 Å². The van der Waals surface area contributed by atoms with Crippen LogP contribution in [0.15, 0.2) is 79.0 Å². The van der Waals surface area contributed by atoms with Gasteiger partial charge in [-0.2, -0.15) is 4.98 Å². The van der Waals surface area contributed by atoms with Gasteiger partial charge in [0.1, 0.15) is 23.0 Å². The number of hydrogen-bond donors (Lipinski definition) is 3. The number of nitrogens with zero attached hydrogens (tertiary/aromatic N) is 3. The third kappa shape index (κ3) is 4.94. The van der Waals surface area contributed by atoms with Gasteiger partial charge in [-0.25, -0.2) is 4.98 Å². The van der Waals surface area contributed by atoms with Gasteiger partial charge in [0.25, 0.3) is 5.91 Å². The fourth-order valence-corrected chi connectivity index (χ4v) is 2.93. The van der Waals surface area contributed by atoms with Gasteiger partial charge in [0.05, 0.1) is 5.69 Å². The van der Waals surface area contributed by atoms with E-state index in [1.807, 2.05) is 60.7 Å². The van der Waals surface area contributed by atoms with E-state index in [-0.39, 0.29) is 17.5 Å². The summed E-state index contributed by atoms with van der Waals surface area (Å²) in [5, 5.41) is 5.77. The number of rotatable bonds is 6. The molecule has 4 aromatic rings. The molecule has 2 heterocycles. The molecular weight excluding hydrogens is 392 g/mol. The minimum absolute atomic E-state index is 0.176. The lowest BCUT2D eigenvalue weighted by Crippen LogP contribution is -2.18. The van der Waals surface area contributed by atoms with Gasteiger partial charge in [0.2, 0.25) is 5.95 Å². The van der Waals surface area contributed by atoms with Crippen LogP contribution in [-0.2, 0) is 0 Å². The highest BCUT2D eigenvalue weighted by Gasteiger charge is 2.08. The summed E-state index contributed by atoms with van der Waals surface area (Å²) in [6.07, 6.45) is 1.52. The molecule has 0 aliphatic carbocycles. The average molecular weight is 412 g/mol. The van der Waals surface area contributed by atoms with Crippen molar-refractivity contribution in [3.05, 3.63) is 84.7 Å². The highest BCUT2D eigenvalue weighted by Crippen LogP contribution is 2.27. The lowest BCUT2D eigenvalue weighted by Gasteiger charge is -2.11. The lowest BCUT2D eigenvalue weighted by molar-refractivity contribution is 0.0958. The van der Waals surface area contributed by atoms with E-state index in [1.54, 1.807) is 19.2 Å². The molecule has 0 aliphatic heterocycles. The van der Waals surface area contributed by atoms with Crippen LogP contribution in [0.2, 0.25) is 0 Å². The predicted octanol–water partition coefficient (Wildman–Crippen LogP) is 4.02. The van der Waals surface area contributed by atoms with Crippen molar-refractivity contribution >= 4 is 23.4 Å². The van der Waals surface area contributed by atoms with Crippen molar-refractivity contribution in [3.63, 3.8) is 0 Å². The molecule has 154 valence electrons. The molecule has 0 radical (unpaired) electrons. The highest BCUT2D eigenvalue weighted by molar-refractivity contribution is 5.92. The summed E-state index contributed by atoms with van der Waals surface area (Å²) < 4.78 is 5.89. The largest absolute Gasteiger partial charge is 0.457 e. The van der Waals surface area contributed by atoms with E-state index >= 15 is 0 Å². The lowest BCUT2D eigenvalue weighted by atomic mass is 10.1. The second-order valence-corrected chi connectivity index (χ2v) is 6.57. The summed E-state index contributed by atoms with van der Waals surface area (Å²) in [5.74, 6) is 1.55. The van der Waals surface area contributed by atoms with Crippen molar-refractivity contribution in [2.75, 3.05) is 18.1 Å². The summed E-state index contributed by atoms with van der Waals surface area (Å²) in [4.78, 5) is 24.4. The second kappa shape index (κ2) is 8.91.